The summed E-state index contributed by atoms with van der Waals surface area (Å²) in [5.41, 5.74) is 1.57. The Kier molecular flexibility index (Phi) is 4.85. The lowest BCUT2D eigenvalue weighted by Gasteiger charge is -2.42. The highest BCUT2D eigenvalue weighted by molar-refractivity contribution is 9.10. The monoisotopic (exact) mass is 394 g/mol. The molecule has 0 saturated carbocycles. The molecule has 23 heavy (non-hydrogen) atoms. The van der Waals surface area contributed by atoms with Crippen LogP contribution in [-0.2, 0) is 25.9 Å². The zero-order chi connectivity index (χ0) is 16.5. The molecule has 122 valence electrons. The lowest BCUT2D eigenvalue weighted by molar-refractivity contribution is -0.475. The maximum atomic E-state index is 5.79. The Bertz CT molecular complexity index is 691. The first-order chi connectivity index (χ1) is 11.0. The highest BCUT2D eigenvalue weighted by atomic mass is 79.9. The molecule has 0 radical (unpaired) electrons. The first-order valence-electron chi connectivity index (χ1n) is 7.37. The van der Waals surface area contributed by atoms with Gasteiger partial charge in [0.25, 0.3) is 0 Å². The summed E-state index contributed by atoms with van der Waals surface area (Å²) in [5.74, 6) is -0.135. The zero-order valence-corrected chi connectivity index (χ0v) is 15.7. The number of hydrogen-bond donors (Lipinski definition) is 0. The lowest BCUT2D eigenvalue weighted by Crippen LogP contribution is -2.43. The van der Waals surface area contributed by atoms with Crippen LogP contribution < -0.4 is 0 Å². The topological polar surface area (TPSA) is 27.7 Å². The van der Waals surface area contributed by atoms with Gasteiger partial charge in [0.1, 0.15) is 5.60 Å². The third-order valence-corrected chi connectivity index (χ3v) is 5.92. The van der Waals surface area contributed by atoms with E-state index in [1.807, 2.05) is 44.2 Å². The Balaban J connectivity index is 1.86. The molecule has 0 saturated heterocycles. The van der Waals surface area contributed by atoms with Gasteiger partial charge in [0.2, 0.25) is 5.79 Å². The van der Waals surface area contributed by atoms with Crippen LogP contribution in [0.5, 0.6) is 0 Å². The predicted octanol–water partition coefficient (Wildman–Crippen LogP) is 5.24. The number of halogens is 1. The van der Waals surface area contributed by atoms with Crippen molar-refractivity contribution in [1.82, 2.24) is 0 Å². The van der Waals surface area contributed by atoms with Crippen LogP contribution in [0.4, 0.5) is 0 Å². The molecule has 2 aromatic carbocycles. The summed E-state index contributed by atoms with van der Waals surface area (Å²) in [6.07, 6.45) is 0. The molecule has 1 aliphatic rings. The maximum absolute atomic E-state index is 5.79. The molecule has 2 aromatic rings. The summed E-state index contributed by atoms with van der Waals surface area (Å²) in [6, 6.07) is 16.4. The quantitative estimate of drug-likeness (QED) is 0.523. The molecule has 0 fully saturated rings. The molecule has 0 N–H and O–H groups in total. The van der Waals surface area contributed by atoms with Crippen molar-refractivity contribution in [2.75, 3.05) is 12.9 Å². The molecule has 0 spiro atoms. The van der Waals surface area contributed by atoms with E-state index in [-0.39, 0.29) is 0 Å². The zero-order valence-electron chi connectivity index (χ0n) is 13.3. The van der Waals surface area contributed by atoms with E-state index < -0.39 is 11.4 Å². The van der Waals surface area contributed by atoms with Gasteiger partial charge < -0.3 is 4.74 Å². The number of ether oxygens (including phenoxy) is 1. The molecular formula is C18H19BrO3S. The van der Waals surface area contributed by atoms with Gasteiger partial charge in [-0.1, -0.05) is 40.2 Å². The van der Waals surface area contributed by atoms with Crippen molar-refractivity contribution in [3.05, 3.63) is 64.1 Å². The van der Waals surface area contributed by atoms with Crippen LogP contribution in [0.2, 0.25) is 0 Å². The van der Waals surface area contributed by atoms with Crippen LogP contribution in [0.3, 0.4) is 0 Å². The van der Waals surface area contributed by atoms with Gasteiger partial charge in [0.15, 0.2) is 0 Å². The van der Waals surface area contributed by atoms with E-state index in [4.69, 9.17) is 14.5 Å². The second-order valence-corrected chi connectivity index (χ2v) is 7.80. The van der Waals surface area contributed by atoms with Crippen LogP contribution >= 0.6 is 27.7 Å². The minimum Gasteiger partial charge on any atom is -0.347 e. The van der Waals surface area contributed by atoms with Crippen molar-refractivity contribution in [2.45, 2.75) is 30.1 Å². The second-order valence-electron chi connectivity index (χ2n) is 5.84. The fourth-order valence-corrected chi connectivity index (χ4v) is 3.84. The Morgan fingerprint density at radius 3 is 2.30 bits per heavy atom. The molecule has 5 heteroatoms. The van der Waals surface area contributed by atoms with Gasteiger partial charge in [-0.3, -0.25) is 0 Å². The van der Waals surface area contributed by atoms with E-state index in [1.54, 1.807) is 18.9 Å². The van der Waals surface area contributed by atoms with Crippen molar-refractivity contribution >= 4 is 27.7 Å². The fraction of sp³-hybridized carbons (Fsp3) is 0.333. The molecule has 0 unspecified atom stereocenters. The summed E-state index contributed by atoms with van der Waals surface area (Å²) in [4.78, 5) is 12.6. The number of methoxy groups -OCH3 is 1. The standard InChI is InChI=1S/C18H19BrO3S/c1-17(12-23-14-10-8-13(19)9-11-14)15-6-4-5-7-16(15)18(2,20-3)22-21-17/h4-11H,12H2,1-3H3/t17-,18+/m1/s1. The van der Waals surface area contributed by atoms with E-state index in [0.29, 0.717) is 0 Å². The number of rotatable bonds is 4. The minimum absolute atomic E-state index is 0.535. The van der Waals surface area contributed by atoms with Crippen LogP contribution in [0.25, 0.3) is 0 Å². The Hall–Kier alpha value is -0.850. The molecular weight excluding hydrogens is 376 g/mol. The van der Waals surface area contributed by atoms with Gasteiger partial charge in [0.05, 0.1) is 0 Å². The van der Waals surface area contributed by atoms with E-state index >= 15 is 0 Å². The highest BCUT2D eigenvalue weighted by Crippen LogP contribution is 2.44. The first-order valence-corrected chi connectivity index (χ1v) is 9.15. The van der Waals surface area contributed by atoms with Gasteiger partial charge in [0, 0.05) is 27.8 Å². The largest absolute Gasteiger partial charge is 0.347 e. The number of hydrogen-bond acceptors (Lipinski definition) is 4. The van der Waals surface area contributed by atoms with E-state index in [2.05, 4.69) is 34.1 Å². The minimum atomic E-state index is -0.877. The van der Waals surface area contributed by atoms with Crippen LogP contribution in [0.1, 0.15) is 25.0 Å². The van der Waals surface area contributed by atoms with Crippen LogP contribution in [-0.4, -0.2) is 12.9 Å². The van der Waals surface area contributed by atoms with Crippen molar-refractivity contribution in [1.29, 1.82) is 0 Å². The molecule has 0 aliphatic carbocycles. The molecule has 1 heterocycles. The van der Waals surface area contributed by atoms with Crippen LogP contribution in [0.15, 0.2) is 57.9 Å². The second kappa shape index (κ2) is 6.57. The van der Waals surface area contributed by atoms with Crippen molar-refractivity contribution in [2.24, 2.45) is 0 Å². The molecule has 3 nitrogen and oxygen atoms in total. The Labute approximate surface area is 149 Å². The average molecular weight is 395 g/mol. The summed E-state index contributed by atoms with van der Waals surface area (Å²) in [5, 5.41) is 0. The SMILES string of the molecule is CO[C@@]1(C)OO[C@](C)(CSc2ccc(Br)cc2)c2ccccc21. The van der Waals surface area contributed by atoms with Gasteiger partial charge >= 0.3 is 0 Å². The average Bonchev–Trinajstić information content (AvgIpc) is 2.59. The number of fused-ring (bicyclic) bond motifs is 1. The third-order valence-electron chi connectivity index (χ3n) is 4.09. The van der Waals surface area contributed by atoms with E-state index in [0.717, 1.165) is 21.4 Å². The molecule has 0 aromatic heterocycles. The summed E-state index contributed by atoms with van der Waals surface area (Å²) in [7, 11) is 1.62. The van der Waals surface area contributed by atoms with E-state index in [1.165, 1.54) is 4.90 Å². The molecule has 2 atom stereocenters. The molecule has 0 bridgehead atoms. The summed E-state index contributed by atoms with van der Waals surface area (Å²) in [6.45, 7) is 3.92. The Morgan fingerprint density at radius 1 is 1.00 bits per heavy atom. The summed E-state index contributed by atoms with van der Waals surface area (Å²) >= 11 is 5.20. The van der Waals surface area contributed by atoms with E-state index in [9.17, 15) is 0 Å². The lowest BCUT2D eigenvalue weighted by atomic mass is 9.88. The third kappa shape index (κ3) is 3.35. The van der Waals surface area contributed by atoms with Crippen molar-refractivity contribution in [3.63, 3.8) is 0 Å². The normalized spacial score (nSPS) is 26.8. The van der Waals surface area contributed by atoms with Gasteiger partial charge in [-0.2, -0.15) is 4.89 Å². The number of benzene rings is 2. The molecule has 1 aliphatic heterocycles. The molecule has 0 amide bonds. The van der Waals surface area contributed by atoms with Crippen molar-refractivity contribution < 1.29 is 14.5 Å². The van der Waals surface area contributed by atoms with Crippen molar-refractivity contribution in [3.8, 4) is 0 Å². The molecule has 3 rings (SSSR count). The summed E-state index contributed by atoms with van der Waals surface area (Å²) < 4.78 is 6.59. The van der Waals surface area contributed by atoms with Gasteiger partial charge in [-0.25, -0.2) is 4.89 Å². The maximum Gasteiger partial charge on any atom is 0.225 e. The van der Waals surface area contributed by atoms with Gasteiger partial charge in [-0.15, -0.1) is 11.8 Å². The predicted molar refractivity (Wildman–Crippen MR) is 95.2 cm³/mol. The number of thioether (sulfide) groups is 1. The highest BCUT2D eigenvalue weighted by Gasteiger charge is 2.45. The fourth-order valence-electron chi connectivity index (χ4n) is 2.60. The smallest absolute Gasteiger partial charge is 0.225 e. The Morgan fingerprint density at radius 2 is 1.65 bits per heavy atom. The van der Waals surface area contributed by atoms with Gasteiger partial charge in [-0.05, 0) is 43.7 Å². The first kappa shape index (κ1) is 17.0. The van der Waals surface area contributed by atoms with Crippen LogP contribution in [0, 0.1) is 0 Å².